The maximum absolute atomic E-state index is 12.6. The van der Waals surface area contributed by atoms with E-state index in [1.165, 1.54) is 12.1 Å². The Bertz CT molecular complexity index is 1270. The number of nitrogens with zero attached hydrogens (tertiary/aromatic N) is 3. The smallest absolute Gasteiger partial charge is 0.261 e. The summed E-state index contributed by atoms with van der Waals surface area (Å²) in [6.45, 7) is 0. The molecule has 0 spiro atoms. The van der Waals surface area contributed by atoms with Gasteiger partial charge in [-0.2, -0.15) is 0 Å². The van der Waals surface area contributed by atoms with E-state index in [9.17, 15) is 8.42 Å². The van der Waals surface area contributed by atoms with Crippen LogP contribution in [0.5, 0.6) is 5.88 Å². The Balaban J connectivity index is 1.66. The first-order chi connectivity index (χ1) is 13.4. The summed E-state index contributed by atoms with van der Waals surface area (Å²) >= 11 is 5.90. The summed E-state index contributed by atoms with van der Waals surface area (Å²) in [5, 5.41) is 4.63. The Labute approximate surface area is 166 Å². The van der Waals surface area contributed by atoms with Crippen LogP contribution in [-0.4, -0.2) is 30.1 Å². The third-order valence-electron chi connectivity index (χ3n) is 4.02. The number of rotatable bonds is 5. The molecule has 0 aliphatic heterocycles. The Morgan fingerprint density at radius 2 is 1.89 bits per heavy atom. The van der Waals surface area contributed by atoms with Crippen LogP contribution in [0.2, 0.25) is 5.02 Å². The zero-order valence-electron chi connectivity index (χ0n) is 14.7. The number of benzene rings is 2. The maximum atomic E-state index is 12.6. The Hall–Kier alpha value is -3.10. The summed E-state index contributed by atoms with van der Waals surface area (Å²) in [5.41, 5.74) is 2.47. The molecule has 0 aliphatic rings. The lowest BCUT2D eigenvalue weighted by atomic mass is 10.1. The maximum Gasteiger partial charge on any atom is 0.261 e. The van der Waals surface area contributed by atoms with Crippen molar-refractivity contribution in [2.45, 2.75) is 4.90 Å². The van der Waals surface area contributed by atoms with Crippen molar-refractivity contribution in [2.24, 2.45) is 0 Å². The number of fused-ring (bicyclic) bond motifs is 1. The third kappa shape index (κ3) is 3.64. The van der Waals surface area contributed by atoms with Crippen molar-refractivity contribution in [3.63, 3.8) is 0 Å². The highest BCUT2D eigenvalue weighted by Crippen LogP contribution is 2.25. The second-order valence-electron chi connectivity index (χ2n) is 5.95. The van der Waals surface area contributed by atoms with Gasteiger partial charge in [0, 0.05) is 22.3 Å². The number of ether oxygens (including phenoxy) is 1. The average molecular weight is 415 g/mol. The second-order valence-corrected chi connectivity index (χ2v) is 8.07. The Morgan fingerprint density at radius 3 is 2.68 bits per heavy atom. The molecule has 0 radical (unpaired) electrons. The topological polar surface area (TPSA) is 85.6 Å². The minimum absolute atomic E-state index is 0.0921. The molecular formula is C19H15ClN4O3S. The highest BCUT2D eigenvalue weighted by molar-refractivity contribution is 7.92. The Kier molecular flexibility index (Phi) is 4.66. The zero-order valence-corrected chi connectivity index (χ0v) is 16.3. The molecular weight excluding hydrogens is 400 g/mol. The summed E-state index contributed by atoms with van der Waals surface area (Å²) in [6.07, 6.45) is 1.75. The van der Waals surface area contributed by atoms with Gasteiger partial charge in [-0.25, -0.2) is 17.9 Å². The molecule has 0 saturated heterocycles. The van der Waals surface area contributed by atoms with Gasteiger partial charge in [-0.1, -0.05) is 29.8 Å². The van der Waals surface area contributed by atoms with E-state index in [2.05, 4.69) is 14.8 Å². The van der Waals surface area contributed by atoms with Crippen molar-refractivity contribution in [3.8, 4) is 17.1 Å². The van der Waals surface area contributed by atoms with Crippen molar-refractivity contribution in [2.75, 3.05) is 11.8 Å². The molecule has 0 atom stereocenters. The minimum Gasteiger partial charge on any atom is -0.480 e. The van der Waals surface area contributed by atoms with Gasteiger partial charge in [0.25, 0.3) is 10.0 Å². The number of methoxy groups -OCH3 is 1. The lowest BCUT2D eigenvalue weighted by molar-refractivity contribution is 0.390. The first-order valence-corrected chi connectivity index (χ1v) is 10.1. The van der Waals surface area contributed by atoms with Crippen LogP contribution in [0.15, 0.2) is 71.8 Å². The fourth-order valence-electron chi connectivity index (χ4n) is 2.70. The molecule has 142 valence electrons. The summed E-state index contributed by atoms with van der Waals surface area (Å²) in [4.78, 5) is 4.61. The molecule has 0 amide bonds. The van der Waals surface area contributed by atoms with Gasteiger partial charge in [-0.05, 0) is 36.4 Å². The number of nitrogens with one attached hydrogen (secondary N) is 1. The SMILES string of the molecule is COc1ccc2nc(-c3cccc(NS(=O)(=O)c4cccc(Cl)c4)c3)cn2n1. The number of hydrogen-bond acceptors (Lipinski definition) is 5. The largest absolute Gasteiger partial charge is 0.480 e. The van der Waals surface area contributed by atoms with Gasteiger partial charge in [0.05, 0.1) is 23.9 Å². The molecule has 4 aromatic rings. The minimum atomic E-state index is -3.76. The van der Waals surface area contributed by atoms with E-state index in [4.69, 9.17) is 16.3 Å². The first-order valence-electron chi connectivity index (χ1n) is 8.24. The quantitative estimate of drug-likeness (QED) is 0.536. The van der Waals surface area contributed by atoms with E-state index < -0.39 is 10.0 Å². The molecule has 7 nitrogen and oxygen atoms in total. The van der Waals surface area contributed by atoms with Crippen LogP contribution >= 0.6 is 11.6 Å². The summed E-state index contributed by atoms with van der Waals surface area (Å²) < 4.78 is 34.5. The molecule has 0 saturated carbocycles. The van der Waals surface area contributed by atoms with Gasteiger partial charge in [0.1, 0.15) is 0 Å². The lowest BCUT2D eigenvalue weighted by Crippen LogP contribution is -2.12. The number of anilines is 1. The van der Waals surface area contributed by atoms with E-state index >= 15 is 0 Å². The molecule has 4 rings (SSSR count). The van der Waals surface area contributed by atoms with E-state index in [1.54, 1.807) is 60.3 Å². The van der Waals surface area contributed by atoms with Crippen LogP contribution in [0.4, 0.5) is 5.69 Å². The van der Waals surface area contributed by atoms with Crippen LogP contribution in [-0.2, 0) is 10.0 Å². The van der Waals surface area contributed by atoms with E-state index in [0.717, 1.165) is 5.56 Å². The van der Waals surface area contributed by atoms with Gasteiger partial charge in [-0.3, -0.25) is 4.72 Å². The Morgan fingerprint density at radius 1 is 1.07 bits per heavy atom. The first kappa shape index (κ1) is 18.3. The molecule has 0 bridgehead atoms. The van der Waals surface area contributed by atoms with Crippen molar-refractivity contribution < 1.29 is 13.2 Å². The van der Waals surface area contributed by atoms with Gasteiger partial charge < -0.3 is 4.74 Å². The number of halogens is 1. The standard InChI is InChI=1S/C19H15ClN4O3S/c1-27-19-9-8-18-21-17(12-24(18)22-19)13-4-2-6-15(10-13)23-28(25,26)16-7-3-5-14(20)11-16/h2-12,23H,1H3. The fourth-order valence-corrected chi connectivity index (χ4v) is 4.05. The van der Waals surface area contributed by atoms with Gasteiger partial charge in [-0.15, -0.1) is 5.10 Å². The van der Waals surface area contributed by atoms with E-state index in [-0.39, 0.29) is 4.90 Å². The third-order valence-corrected chi connectivity index (χ3v) is 5.64. The molecule has 0 fully saturated rings. The predicted molar refractivity (Wildman–Crippen MR) is 107 cm³/mol. The van der Waals surface area contributed by atoms with Gasteiger partial charge >= 0.3 is 0 Å². The monoisotopic (exact) mass is 414 g/mol. The molecule has 9 heteroatoms. The molecule has 1 N–H and O–H groups in total. The van der Waals surface area contributed by atoms with Crippen molar-refractivity contribution >= 4 is 33.0 Å². The molecule has 2 heterocycles. The molecule has 2 aromatic carbocycles. The molecule has 28 heavy (non-hydrogen) atoms. The zero-order chi connectivity index (χ0) is 19.7. The highest BCUT2D eigenvalue weighted by atomic mass is 35.5. The second kappa shape index (κ2) is 7.14. The number of hydrogen-bond donors (Lipinski definition) is 1. The summed E-state index contributed by atoms with van der Waals surface area (Å²) in [7, 11) is -2.21. The van der Waals surface area contributed by atoms with Crippen molar-refractivity contribution in [1.82, 2.24) is 14.6 Å². The van der Waals surface area contributed by atoms with Crippen molar-refractivity contribution in [1.29, 1.82) is 0 Å². The van der Waals surface area contributed by atoms with E-state index in [1.807, 2.05) is 6.07 Å². The van der Waals surface area contributed by atoms with Crippen LogP contribution in [0.3, 0.4) is 0 Å². The lowest BCUT2D eigenvalue weighted by Gasteiger charge is -2.09. The van der Waals surface area contributed by atoms with Crippen LogP contribution in [0.1, 0.15) is 0 Å². The number of aromatic nitrogens is 3. The number of sulfonamides is 1. The highest BCUT2D eigenvalue weighted by Gasteiger charge is 2.15. The van der Waals surface area contributed by atoms with Crippen LogP contribution in [0, 0.1) is 0 Å². The fraction of sp³-hybridized carbons (Fsp3) is 0.0526. The molecule has 2 aromatic heterocycles. The summed E-state index contributed by atoms with van der Waals surface area (Å²) in [6, 6.07) is 16.6. The average Bonchev–Trinajstić information content (AvgIpc) is 3.11. The molecule has 0 unspecified atom stereocenters. The van der Waals surface area contributed by atoms with Crippen molar-refractivity contribution in [3.05, 3.63) is 71.9 Å². The number of imidazole rings is 1. The van der Waals surface area contributed by atoms with Crippen LogP contribution < -0.4 is 9.46 Å². The molecule has 0 aliphatic carbocycles. The van der Waals surface area contributed by atoms with Gasteiger partial charge in [0.15, 0.2) is 5.65 Å². The van der Waals surface area contributed by atoms with Crippen LogP contribution in [0.25, 0.3) is 16.9 Å². The predicted octanol–water partition coefficient (Wildman–Crippen LogP) is 3.86. The van der Waals surface area contributed by atoms with E-state index in [0.29, 0.717) is 27.9 Å². The summed E-state index contributed by atoms with van der Waals surface area (Å²) in [5.74, 6) is 0.472. The van der Waals surface area contributed by atoms with Gasteiger partial charge in [0.2, 0.25) is 5.88 Å². The normalized spacial score (nSPS) is 11.5.